The standard InChI is InChI=1S/C42H70O2S/c1-35-31-39(32-36(2)41(35)43)27-23-19-15-11-7-5-9-13-17-21-25-29-45-30-26-22-18-14-10-6-8-12-16-20-24-28-40-33-37(3)42(44)38(4)34-40/h31-34,43-44H,5-30H2,1-4H3. The number of phenolic OH excluding ortho intramolecular Hbond substituents is 2. The van der Waals surface area contributed by atoms with Gasteiger partial charge in [0.15, 0.2) is 0 Å². The zero-order chi connectivity index (χ0) is 32.5. The van der Waals surface area contributed by atoms with Gasteiger partial charge in [0, 0.05) is 0 Å². The van der Waals surface area contributed by atoms with E-state index >= 15 is 0 Å². The van der Waals surface area contributed by atoms with Gasteiger partial charge in [-0.15, -0.1) is 0 Å². The molecule has 0 unspecified atom stereocenters. The van der Waals surface area contributed by atoms with E-state index in [1.165, 1.54) is 164 Å². The van der Waals surface area contributed by atoms with Crippen LogP contribution in [0.25, 0.3) is 0 Å². The summed E-state index contributed by atoms with van der Waals surface area (Å²) in [7, 11) is 0. The lowest BCUT2D eigenvalue weighted by molar-refractivity contribution is 0.466. The molecule has 3 heteroatoms. The van der Waals surface area contributed by atoms with E-state index < -0.39 is 0 Å². The SMILES string of the molecule is Cc1cc(CCCCCCCCCCCCCSCCCCCCCCCCCCCc2cc(C)c(O)c(C)c2)cc(C)c1O. The number of unbranched alkanes of at least 4 members (excludes halogenated alkanes) is 20. The van der Waals surface area contributed by atoms with Gasteiger partial charge in [-0.1, -0.05) is 140 Å². The average molecular weight is 639 g/mol. The number of hydrogen-bond donors (Lipinski definition) is 2. The van der Waals surface area contributed by atoms with Gasteiger partial charge in [-0.05, 0) is 111 Å². The molecule has 45 heavy (non-hydrogen) atoms. The first-order chi connectivity index (χ1) is 21.9. The molecule has 2 aromatic carbocycles. The van der Waals surface area contributed by atoms with Crippen LogP contribution < -0.4 is 0 Å². The summed E-state index contributed by atoms with van der Waals surface area (Å²) in [6, 6.07) is 8.61. The van der Waals surface area contributed by atoms with Gasteiger partial charge in [0.05, 0.1) is 0 Å². The van der Waals surface area contributed by atoms with Crippen molar-refractivity contribution >= 4 is 11.8 Å². The topological polar surface area (TPSA) is 40.5 Å². The van der Waals surface area contributed by atoms with E-state index in [1.54, 1.807) is 0 Å². The summed E-state index contributed by atoms with van der Waals surface area (Å²) >= 11 is 2.19. The number of aryl methyl sites for hydroxylation is 6. The first-order valence-electron chi connectivity index (χ1n) is 19.0. The van der Waals surface area contributed by atoms with Gasteiger partial charge < -0.3 is 10.2 Å². The fourth-order valence-corrected chi connectivity index (χ4v) is 7.75. The molecule has 0 heterocycles. The molecule has 0 saturated heterocycles. The Morgan fingerprint density at radius 2 is 0.578 bits per heavy atom. The third-order valence-electron chi connectivity index (χ3n) is 9.61. The Hall–Kier alpha value is -1.61. The fourth-order valence-electron chi connectivity index (χ4n) is 6.73. The van der Waals surface area contributed by atoms with Gasteiger partial charge in [0.25, 0.3) is 0 Å². The molecule has 2 nitrogen and oxygen atoms in total. The van der Waals surface area contributed by atoms with Crippen LogP contribution in [0.1, 0.15) is 175 Å². The largest absolute Gasteiger partial charge is 0.507 e. The molecule has 2 aromatic rings. The van der Waals surface area contributed by atoms with Gasteiger partial charge in [-0.3, -0.25) is 0 Å². The lowest BCUT2D eigenvalue weighted by Gasteiger charge is -2.08. The Balaban J connectivity index is 1.22. The smallest absolute Gasteiger partial charge is 0.121 e. The summed E-state index contributed by atoms with van der Waals surface area (Å²) in [4.78, 5) is 0. The number of rotatable bonds is 28. The summed E-state index contributed by atoms with van der Waals surface area (Å²) in [6.07, 6.45) is 33.0. The van der Waals surface area contributed by atoms with Crippen LogP contribution in [0.15, 0.2) is 24.3 Å². The summed E-state index contributed by atoms with van der Waals surface area (Å²) in [5.74, 6) is 3.67. The molecule has 0 aliphatic carbocycles. The fraction of sp³-hybridized carbons (Fsp3) is 0.714. The van der Waals surface area contributed by atoms with Crippen molar-refractivity contribution in [2.75, 3.05) is 11.5 Å². The van der Waals surface area contributed by atoms with Crippen LogP contribution in [0.5, 0.6) is 11.5 Å². The minimum absolute atomic E-state index is 0.461. The Kier molecular flexibility index (Phi) is 22.4. The lowest BCUT2D eigenvalue weighted by atomic mass is 10.00. The molecule has 0 amide bonds. The molecule has 0 aliphatic heterocycles. The number of benzene rings is 2. The van der Waals surface area contributed by atoms with E-state index in [-0.39, 0.29) is 0 Å². The van der Waals surface area contributed by atoms with E-state index in [0.29, 0.717) is 11.5 Å². The molecule has 256 valence electrons. The zero-order valence-electron chi connectivity index (χ0n) is 30.0. The second-order valence-electron chi connectivity index (χ2n) is 14.0. The molecule has 0 aromatic heterocycles. The van der Waals surface area contributed by atoms with Gasteiger partial charge in [-0.25, -0.2) is 0 Å². The van der Waals surface area contributed by atoms with Crippen molar-refractivity contribution in [2.45, 2.75) is 182 Å². The zero-order valence-corrected chi connectivity index (χ0v) is 30.8. The average Bonchev–Trinajstić information content (AvgIpc) is 3.02. The van der Waals surface area contributed by atoms with Crippen LogP contribution in [0.3, 0.4) is 0 Å². The molecule has 2 rings (SSSR count). The maximum Gasteiger partial charge on any atom is 0.121 e. The second-order valence-corrected chi connectivity index (χ2v) is 15.3. The highest BCUT2D eigenvalue weighted by Gasteiger charge is 2.05. The highest BCUT2D eigenvalue weighted by atomic mass is 32.2. The van der Waals surface area contributed by atoms with Crippen molar-refractivity contribution in [2.24, 2.45) is 0 Å². The maximum atomic E-state index is 9.92. The molecule has 0 radical (unpaired) electrons. The highest BCUT2D eigenvalue weighted by molar-refractivity contribution is 7.99. The van der Waals surface area contributed by atoms with Crippen molar-refractivity contribution in [3.05, 3.63) is 57.6 Å². The summed E-state index contributed by atoms with van der Waals surface area (Å²) in [5, 5.41) is 19.8. The van der Waals surface area contributed by atoms with Gasteiger partial charge in [-0.2, -0.15) is 11.8 Å². The van der Waals surface area contributed by atoms with Crippen LogP contribution in [0.2, 0.25) is 0 Å². The van der Waals surface area contributed by atoms with Crippen LogP contribution in [-0.2, 0) is 12.8 Å². The van der Waals surface area contributed by atoms with Gasteiger partial charge in [0.1, 0.15) is 11.5 Å². The Morgan fingerprint density at radius 3 is 0.844 bits per heavy atom. The molecule has 0 saturated carbocycles. The molecule has 0 atom stereocenters. The Labute approximate surface area is 283 Å². The molecule has 0 fully saturated rings. The summed E-state index contributed by atoms with van der Waals surface area (Å²) < 4.78 is 0. The van der Waals surface area contributed by atoms with Crippen LogP contribution >= 0.6 is 11.8 Å². The van der Waals surface area contributed by atoms with Crippen LogP contribution in [0, 0.1) is 27.7 Å². The molecular formula is C42H70O2S. The Morgan fingerprint density at radius 1 is 0.356 bits per heavy atom. The van der Waals surface area contributed by atoms with Crippen LogP contribution in [-0.4, -0.2) is 21.7 Å². The summed E-state index contributed by atoms with van der Waals surface area (Å²) in [6.45, 7) is 8.02. The normalized spacial score (nSPS) is 11.5. The quantitative estimate of drug-likeness (QED) is 0.0911. The number of phenols is 2. The molecule has 2 N–H and O–H groups in total. The predicted octanol–water partition coefficient (Wildman–Crippen LogP) is 13.4. The minimum Gasteiger partial charge on any atom is -0.507 e. The van der Waals surface area contributed by atoms with Crippen molar-refractivity contribution in [1.29, 1.82) is 0 Å². The molecule has 0 bridgehead atoms. The third-order valence-corrected chi connectivity index (χ3v) is 10.8. The monoisotopic (exact) mass is 639 g/mol. The first-order valence-corrected chi connectivity index (χ1v) is 20.2. The second kappa shape index (κ2) is 25.5. The predicted molar refractivity (Wildman–Crippen MR) is 201 cm³/mol. The van der Waals surface area contributed by atoms with Crippen LogP contribution in [0.4, 0.5) is 0 Å². The van der Waals surface area contributed by atoms with Gasteiger partial charge >= 0.3 is 0 Å². The number of thioether (sulfide) groups is 1. The van der Waals surface area contributed by atoms with E-state index in [9.17, 15) is 10.2 Å². The highest BCUT2D eigenvalue weighted by Crippen LogP contribution is 2.25. The van der Waals surface area contributed by atoms with Crippen molar-refractivity contribution in [3.8, 4) is 11.5 Å². The third kappa shape index (κ3) is 19.0. The molecular weight excluding hydrogens is 569 g/mol. The molecule has 0 aliphatic rings. The van der Waals surface area contributed by atoms with Crippen molar-refractivity contribution in [3.63, 3.8) is 0 Å². The van der Waals surface area contributed by atoms with E-state index in [4.69, 9.17) is 0 Å². The lowest BCUT2D eigenvalue weighted by Crippen LogP contribution is -1.90. The number of aromatic hydroxyl groups is 2. The van der Waals surface area contributed by atoms with E-state index in [0.717, 1.165) is 35.1 Å². The minimum atomic E-state index is 0.461. The Bertz CT molecular complexity index is 902. The first kappa shape index (κ1) is 39.6. The van der Waals surface area contributed by atoms with Gasteiger partial charge in [0.2, 0.25) is 0 Å². The van der Waals surface area contributed by atoms with E-state index in [1.807, 2.05) is 27.7 Å². The maximum absolute atomic E-state index is 9.92. The number of hydrogen-bond acceptors (Lipinski definition) is 3. The van der Waals surface area contributed by atoms with Crippen molar-refractivity contribution < 1.29 is 10.2 Å². The summed E-state index contributed by atoms with van der Waals surface area (Å²) in [5.41, 5.74) is 6.81. The van der Waals surface area contributed by atoms with E-state index in [2.05, 4.69) is 36.0 Å². The molecule has 0 spiro atoms. The van der Waals surface area contributed by atoms with Crippen molar-refractivity contribution in [1.82, 2.24) is 0 Å².